The van der Waals surface area contributed by atoms with Crippen LogP contribution in [0.5, 0.6) is 0 Å². The molecule has 0 aromatic rings. The van der Waals surface area contributed by atoms with Gasteiger partial charge in [-0.3, -0.25) is 0 Å². The number of methoxy groups -OCH3 is 1. The molecular formula is C11H18O2. The van der Waals surface area contributed by atoms with Crippen molar-refractivity contribution in [3.05, 3.63) is 24.0 Å². The molecule has 0 atom stereocenters. The van der Waals surface area contributed by atoms with E-state index < -0.39 is 0 Å². The van der Waals surface area contributed by atoms with Gasteiger partial charge in [0.2, 0.25) is 0 Å². The number of hydrogen-bond donors (Lipinski definition) is 0. The van der Waals surface area contributed by atoms with Crippen LogP contribution in [0.2, 0.25) is 0 Å². The first-order valence-electron chi connectivity index (χ1n) is 4.78. The Kier molecular flexibility index (Phi) is 4.61. The van der Waals surface area contributed by atoms with E-state index in [9.17, 15) is 0 Å². The van der Waals surface area contributed by atoms with Crippen LogP contribution in [0.15, 0.2) is 24.0 Å². The Morgan fingerprint density at radius 3 is 2.92 bits per heavy atom. The van der Waals surface area contributed by atoms with E-state index in [-0.39, 0.29) is 0 Å². The summed E-state index contributed by atoms with van der Waals surface area (Å²) in [6.07, 6.45) is 6.28. The highest BCUT2D eigenvalue weighted by atomic mass is 16.5. The largest absolute Gasteiger partial charge is 0.497 e. The van der Waals surface area contributed by atoms with Gasteiger partial charge >= 0.3 is 0 Å². The van der Waals surface area contributed by atoms with Gasteiger partial charge in [-0.05, 0) is 25.7 Å². The fraction of sp³-hybridized carbons (Fsp3) is 0.636. The Bertz CT molecular complexity index is 194. The second-order valence-corrected chi connectivity index (χ2v) is 3.46. The van der Waals surface area contributed by atoms with Gasteiger partial charge in [-0.25, -0.2) is 0 Å². The third kappa shape index (κ3) is 4.13. The third-order valence-corrected chi connectivity index (χ3v) is 2.12. The monoisotopic (exact) mass is 182 g/mol. The summed E-state index contributed by atoms with van der Waals surface area (Å²) in [4.78, 5) is 0. The Morgan fingerprint density at radius 2 is 2.38 bits per heavy atom. The number of rotatable bonds is 7. The van der Waals surface area contributed by atoms with Crippen molar-refractivity contribution in [1.82, 2.24) is 0 Å². The van der Waals surface area contributed by atoms with Gasteiger partial charge in [0.05, 0.1) is 6.26 Å². The highest BCUT2D eigenvalue weighted by Crippen LogP contribution is 2.19. The summed E-state index contributed by atoms with van der Waals surface area (Å²) in [5.41, 5.74) is 2.68. The molecule has 0 aliphatic carbocycles. The lowest BCUT2D eigenvalue weighted by molar-refractivity contribution is 0.192. The van der Waals surface area contributed by atoms with Gasteiger partial charge < -0.3 is 9.47 Å². The van der Waals surface area contributed by atoms with E-state index in [2.05, 4.69) is 6.58 Å². The smallest absolute Gasteiger partial charge is 0.112 e. The van der Waals surface area contributed by atoms with Gasteiger partial charge in [-0.15, -0.1) is 0 Å². The molecule has 0 saturated carbocycles. The predicted molar refractivity (Wildman–Crippen MR) is 53.5 cm³/mol. The molecule has 0 radical (unpaired) electrons. The molecule has 0 fully saturated rings. The maximum atomic E-state index is 4.98. The highest BCUT2D eigenvalue weighted by molar-refractivity contribution is 5.15. The normalized spacial score (nSPS) is 14.4. The molecular weight excluding hydrogens is 164 g/mol. The van der Waals surface area contributed by atoms with Gasteiger partial charge in [0, 0.05) is 19.3 Å². The average Bonchev–Trinajstić information content (AvgIpc) is 2.06. The molecule has 2 nitrogen and oxygen atoms in total. The van der Waals surface area contributed by atoms with Crippen LogP contribution in [-0.4, -0.2) is 20.3 Å². The van der Waals surface area contributed by atoms with Crippen LogP contribution in [0.4, 0.5) is 0 Å². The molecule has 0 spiro atoms. The van der Waals surface area contributed by atoms with Gasteiger partial charge in [0.1, 0.15) is 6.61 Å². The van der Waals surface area contributed by atoms with Crippen molar-refractivity contribution in [3.8, 4) is 0 Å². The maximum absolute atomic E-state index is 4.98. The lowest BCUT2D eigenvalue weighted by Gasteiger charge is -2.16. The second kappa shape index (κ2) is 5.81. The minimum Gasteiger partial charge on any atom is -0.497 e. The zero-order valence-corrected chi connectivity index (χ0v) is 8.34. The van der Waals surface area contributed by atoms with E-state index in [0.29, 0.717) is 0 Å². The standard InChI is InChI=1S/C11H18O2/c1-10(5-3-4-6-12-2)7-11-8-13-9-11/h8H,1,3-7,9H2,2H3. The zero-order chi connectivity index (χ0) is 9.52. The van der Waals surface area contributed by atoms with Crippen LogP contribution in [0.3, 0.4) is 0 Å². The molecule has 0 amide bonds. The summed E-state index contributed by atoms with van der Waals surface area (Å²) in [7, 11) is 1.74. The van der Waals surface area contributed by atoms with Crippen molar-refractivity contribution in [3.63, 3.8) is 0 Å². The molecule has 0 N–H and O–H groups in total. The molecule has 1 rings (SSSR count). The summed E-state index contributed by atoms with van der Waals surface area (Å²) < 4.78 is 9.93. The van der Waals surface area contributed by atoms with E-state index in [1.54, 1.807) is 7.11 Å². The van der Waals surface area contributed by atoms with Crippen molar-refractivity contribution < 1.29 is 9.47 Å². The van der Waals surface area contributed by atoms with Gasteiger partial charge in [0.25, 0.3) is 0 Å². The summed E-state index contributed by atoms with van der Waals surface area (Å²) in [6, 6.07) is 0. The molecule has 13 heavy (non-hydrogen) atoms. The zero-order valence-electron chi connectivity index (χ0n) is 8.34. The van der Waals surface area contributed by atoms with Gasteiger partial charge in [0.15, 0.2) is 0 Å². The molecule has 1 aliphatic rings. The molecule has 0 saturated heterocycles. The first kappa shape index (κ1) is 10.3. The Hall–Kier alpha value is -0.760. The minimum atomic E-state index is 0.803. The molecule has 0 aromatic heterocycles. The van der Waals surface area contributed by atoms with Crippen molar-refractivity contribution >= 4 is 0 Å². The Labute approximate surface area is 80.2 Å². The summed E-state index contributed by atoms with van der Waals surface area (Å²) in [6.45, 7) is 5.70. The van der Waals surface area contributed by atoms with Crippen LogP contribution in [0, 0.1) is 0 Å². The molecule has 2 heteroatoms. The first-order valence-corrected chi connectivity index (χ1v) is 4.78. The Morgan fingerprint density at radius 1 is 1.62 bits per heavy atom. The SMILES string of the molecule is C=C(CCCCOC)CC1=COC1. The summed E-state index contributed by atoms with van der Waals surface area (Å²) in [5, 5.41) is 0. The number of unbranched alkanes of at least 4 members (excludes halogenated alkanes) is 1. The number of allylic oxidation sites excluding steroid dienone is 1. The fourth-order valence-electron chi connectivity index (χ4n) is 1.32. The molecule has 0 aromatic carbocycles. The lowest BCUT2D eigenvalue weighted by Crippen LogP contribution is -2.05. The van der Waals surface area contributed by atoms with E-state index in [1.807, 2.05) is 6.26 Å². The average molecular weight is 182 g/mol. The van der Waals surface area contributed by atoms with Crippen LogP contribution in [-0.2, 0) is 9.47 Å². The molecule has 1 heterocycles. The van der Waals surface area contributed by atoms with E-state index in [1.165, 1.54) is 17.6 Å². The maximum Gasteiger partial charge on any atom is 0.112 e. The number of ether oxygens (including phenoxy) is 2. The van der Waals surface area contributed by atoms with Crippen LogP contribution in [0.1, 0.15) is 25.7 Å². The predicted octanol–water partition coefficient (Wildman–Crippen LogP) is 2.66. The highest BCUT2D eigenvalue weighted by Gasteiger charge is 2.07. The molecule has 1 aliphatic heterocycles. The summed E-state index contributed by atoms with van der Waals surface area (Å²) in [5.74, 6) is 0. The van der Waals surface area contributed by atoms with E-state index in [4.69, 9.17) is 9.47 Å². The summed E-state index contributed by atoms with van der Waals surface area (Å²) >= 11 is 0. The molecule has 74 valence electrons. The van der Waals surface area contributed by atoms with Crippen LogP contribution < -0.4 is 0 Å². The topological polar surface area (TPSA) is 18.5 Å². The van der Waals surface area contributed by atoms with Crippen LogP contribution >= 0.6 is 0 Å². The fourth-order valence-corrected chi connectivity index (χ4v) is 1.32. The second-order valence-electron chi connectivity index (χ2n) is 3.46. The molecule has 0 bridgehead atoms. The van der Waals surface area contributed by atoms with Crippen LogP contribution in [0.25, 0.3) is 0 Å². The number of hydrogen-bond acceptors (Lipinski definition) is 2. The van der Waals surface area contributed by atoms with Crippen molar-refractivity contribution in [2.45, 2.75) is 25.7 Å². The van der Waals surface area contributed by atoms with E-state index >= 15 is 0 Å². The lowest BCUT2D eigenvalue weighted by atomic mass is 10.0. The Balaban J connectivity index is 1.97. The van der Waals surface area contributed by atoms with E-state index in [0.717, 1.165) is 32.5 Å². The third-order valence-electron chi connectivity index (χ3n) is 2.12. The van der Waals surface area contributed by atoms with Crippen molar-refractivity contribution in [2.75, 3.05) is 20.3 Å². The molecule has 0 unspecified atom stereocenters. The minimum absolute atomic E-state index is 0.803. The first-order chi connectivity index (χ1) is 6.33. The van der Waals surface area contributed by atoms with Gasteiger partial charge in [-0.1, -0.05) is 12.2 Å². The quantitative estimate of drug-likeness (QED) is 0.445. The van der Waals surface area contributed by atoms with Gasteiger partial charge in [-0.2, -0.15) is 0 Å². The van der Waals surface area contributed by atoms with Crippen molar-refractivity contribution in [2.24, 2.45) is 0 Å². The van der Waals surface area contributed by atoms with Crippen molar-refractivity contribution in [1.29, 1.82) is 0 Å².